The molecule has 0 aliphatic heterocycles. The SMILES string of the molecule is O=C(Nc1ccc(Cl)cc1Cl)c1ccc(-n2nc(C(F)(F)F)c3c2CCCC3)cc1. The van der Waals surface area contributed by atoms with Crippen molar-refractivity contribution in [2.45, 2.75) is 31.9 Å². The fourth-order valence-electron chi connectivity index (χ4n) is 3.58. The molecule has 0 spiro atoms. The average Bonchev–Trinajstić information content (AvgIpc) is 3.10. The number of carbonyl (C=O) groups excluding carboxylic acids is 1. The molecule has 0 fully saturated rings. The summed E-state index contributed by atoms with van der Waals surface area (Å²) in [6, 6.07) is 11.0. The van der Waals surface area contributed by atoms with Gasteiger partial charge in [0.1, 0.15) is 0 Å². The second kappa shape index (κ2) is 7.96. The number of hydrogen-bond acceptors (Lipinski definition) is 2. The van der Waals surface area contributed by atoms with E-state index in [9.17, 15) is 18.0 Å². The summed E-state index contributed by atoms with van der Waals surface area (Å²) < 4.78 is 41.5. The lowest BCUT2D eigenvalue weighted by Gasteiger charge is -2.15. The number of nitrogens with zero attached hydrogens (tertiary/aromatic N) is 2. The van der Waals surface area contributed by atoms with E-state index in [0.29, 0.717) is 51.9 Å². The molecule has 0 saturated heterocycles. The predicted molar refractivity (Wildman–Crippen MR) is 110 cm³/mol. The van der Waals surface area contributed by atoms with Gasteiger partial charge in [-0.15, -0.1) is 0 Å². The van der Waals surface area contributed by atoms with E-state index >= 15 is 0 Å². The molecule has 1 aromatic heterocycles. The highest BCUT2D eigenvalue weighted by atomic mass is 35.5. The van der Waals surface area contributed by atoms with Gasteiger partial charge >= 0.3 is 6.18 Å². The molecule has 156 valence electrons. The van der Waals surface area contributed by atoms with Crippen LogP contribution in [-0.2, 0) is 19.0 Å². The number of benzene rings is 2. The summed E-state index contributed by atoms with van der Waals surface area (Å²) in [5.41, 5.74) is 1.25. The average molecular weight is 454 g/mol. The molecular weight excluding hydrogens is 438 g/mol. The van der Waals surface area contributed by atoms with Crippen LogP contribution in [0.1, 0.15) is 40.2 Å². The number of hydrogen-bond donors (Lipinski definition) is 1. The zero-order chi connectivity index (χ0) is 21.5. The summed E-state index contributed by atoms with van der Waals surface area (Å²) in [6.07, 6.45) is -2.06. The fraction of sp³-hybridized carbons (Fsp3) is 0.238. The van der Waals surface area contributed by atoms with E-state index in [-0.39, 0.29) is 5.56 Å². The van der Waals surface area contributed by atoms with Crippen LogP contribution in [0, 0.1) is 0 Å². The summed E-state index contributed by atoms with van der Waals surface area (Å²) >= 11 is 11.9. The van der Waals surface area contributed by atoms with Crippen LogP contribution in [0.4, 0.5) is 18.9 Å². The van der Waals surface area contributed by atoms with Crippen LogP contribution in [0.5, 0.6) is 0 Å². The number of fused-ring (bicyclic) bond motifs is 1. The first kappa shape index (κ1) is 20.8. The van der Waals surface area contributed by atoms with Crippen molar-refractivity contribution in [2.75, 3.05) is 5.32 Å². The zero-order valence-electron chi connectivity index (χ0n) is 15.6. The first-order valence-corrected chi connectivity index (χ1v) is 10.0. The minimum atomic E-state index is -4.50. The van der Waals surface area contributed by atoms with Crippen LogP contribution in [0.2, 0.25) is 10.0 Å². The Morgan fingerprint density at radius 1 is 1.03 bits per heavy atom. The van der Waals surface area contributed by atoms with Crippen molar-refractivity contribution in [1.82, 2.24) is 9.78 Å². The molecule has 9 heteroatoms. The molecule has 30 heavy (non-hydrogen) atoms. The van der Waals surface area contributed by atoms with Gasteiger partial charge in [0.05, 0.1) is 16.4 Å². The van der Waals surface area contributed by atoms with Gasteiger partial charge in [-0.1, -0.05) is 23.2 Å². The molecular formula is C21H16Cl2F3N3O. The Balaban J connectivity index is 1.61. The Labute approximate surface area is 180 Å². The van der Waals surface area contributed by atoms with Crippen LogP contribution < -0.4 is 5.32 Å². The Bertz CT molecular complexity index is 1110. The molecule has 1 aliphatic rings. The summed E-state index contributed by atoms with van der Waals surface area (Å²) in [6.45, 7) is 0. The van der Waals surface area contributed by atoms with Crippen LogP contribution in [0.15, 0.2) is 42.5 Å². The van der Waals surface area contributed by atoms with Crippen LogP contribution >= 0.6 is 23.2 Å². The lowest BCUT2D eigenvalue weighted by atomic mass is 9.95. The predicted octanol–water partition coefficient (Wildman–Crippen LogP) is 6.33. The molecule has 0 bridgehead atoms. The highest BCUT2D eigenvalue weighted by molar-refractivity contribution is 6.36. The van der Waals surface area contributed by atoms with E-state index in [0.717, 1.165) is 6.42 Å². The molecule has 0 radical (unpaired) electrons. The van der Waals surface area contributed by atoms with E-state index < -0.39 is 17.8 Å². The number of rotatable bonds is 3. The van der Waals surface area contributed by atoms with Crippen LogP contribution in [0.25, 0.3) is 5.69 Å². The van der Waals surface area contributed by atoms with Crippen molar-refractivity contribution in [3.8, 4) is 5.69 Å². The third-order valence-electron chi connectivity index (χ3n) is 5.00. The molecule has 0 unspecified atom stereocenters. The normalized spacial score (nSPS) is 13.8. The highest BCUT2D eigenvalue weighted by Crippen LogP contribution is 2.36. The number of aromatic nitrogens is 2. The number of halogens is 5. The molecule has 1 heterocycles. The third-order valence-corrected chi connectivity index (χ3v) is 5.55. The molecule has 1 amide bonds. The van der Waals surface area contributed by atoms with Gasteiger partial charge in [-0.25, -0.2) is 4.68 Å². The zero-order valence-corrected chi connectivity index (χ0v) is 17.1. The molecule has 1 N–H and O–H groups in total. The quantitative estimate of drug-likeness (QED) is 0.503. The van der Waals surface area contributed by atoms with Gasteiger partial charge in [-0.2, -0.15) is 18.3 Å². The van der Waals surface area contributed by atoms with Crippen molar-refractivity contribution in [2.24, 2.45) is 0 Å². The molecule has 0 saturated carbocycles. The van der Waals surface area contributed by atoms with Gasteiger partial charge in [0.25, 0.3) is 5.91 Å². The lowest BCUT2D eigenvalue weighted by Crippen LogP contribution is -2.12. The number of carbonyl (C=O) groups is 1. The summed E-state index contributed by atoms with van der Waals surface area (Å²) in [5.74, 6) is -0.399. The number of alkyl halides is 3. The topological polar surface area (TPSA) is 46.9 Å². The Hall–Kier alpha value is -2.51. The number of anilines is 1. The minimum Gasteiger partial charge on any atom is -0.321 e. The van der Waals surface area contributed by atoms with Gasteiger partial charge in [0.2, 0.25) is 0 Å². The van der Waals surface area contributed by atoms with Crippen molar-refractivity contribution < 1.29 is 18.0 Å². The minimum absolute atomic E-state index is 0.271. The first-order chi connectivity index (χ1) is 14.2. The van der Waals surface area contributed by atoms with E-state index in [1.54, 1.807) is 36.4 Å². The second-order valence-electron chi connectivity index (χ2n) is 7.02. The summed E-state index contributed by atoms with van der Waals surface area (Å²) in [7, 11) is 0. The van der Waals surface area contributed by atoms with E-state index in [4.69, 9.17) is 23.2 Å². The monoisotopic (exact) mass is 453 g/mol. The largest absolute Gasteiger partial charge is 0.435 e. The first-order valence-electron chi connectivity index (χ1n) is 9.29. The highest BCUT2D eigenvalue weighted by Gasteiger charge is 2.39. The van der Waals surface area contributed by atoms with Crippen molar-refractivity contribution in [3.05, 3.63) is 75.0 Å². The Kier molecular flexibility index (Phi) is 5.51. The van der Waals surface area contributed by atoms with E-state index in [2.05, 4.69) is 10.4 Å². The van der Waals surface area contributed by atoms with Crippen LogP contribution in [-0.4, -0.2) is 15.7 Å². The standard InChI is InChI=1S/C21H16Cl2F3N3O/c22-13-7-10-17(16(23)11-13)27-20(30)12-5-8-14(9-6-12)29-18-4-2-1-3-15(18)19(28-29)21(24,25)26/h5-11H,1-4H2,(H,27,30). The number of nitrogens with one attached hydrogen (secondary N) is 1. The molecule has 2 aromatic carbocycles. The summed E-state index contributed by atoms with van der Waals surface area (Å²) in [4.78, 5) is 12.5. The lowest BCUT2D eigenvalue weighted by molar-refractivity contribution is -0.142. The molecule has 1 aliphatic carbocycles. The molecule has 4 nitrogen and oxygen atoms in total. The smallest absolute Gasteiger partial charge is 0.321 e. The maximum Gasteiger partial charge on any atom is 0.435 e. The van der Waals surface area contributed by atoms with Gasteiger partial charge in [-0.05, 0) is 68.1 Å². The molecule has 3 aromatic rings. The third kappa shape index (κ3) is 4.04. The Morgan fingerprint density at radius 2 is 1.73 bits per heavy atom. The maximum atomic E-state index is 13.4. The van der Waals surface area contributed by atoms with E-state index in [1.165, 1.54) is 10.7 Å². The van der Waals surface area contributed by atoms with Gasteiger partial charge in [0.15, 0.2) is 5.69 Å². The molecule has 4 rings (SSSR count). The number of amides is 1. The van der Waals surface area contributed by atoms with Gasteiger partial charge in [0, 0.05) is 21.8 Å². The second-order valence-corrected chi connectivity index (χ2v) is 7.86. The van der Waals surface area contributed by atoms with Crippen molar-refractivity contribution in [1.29, 1.82) is 0 Å². The Morgan fingerprint density at radius 3 is 2.40 bits per heavy atom. The fourth-order valence-corrected chi connectivity index (χ4v) is 4.04. The van der Waals surface area contributed by atoms with Gasteiger partial charge in [-0.3, -0.25) is 4.79 Å². The van der Waals surface area contributed by atoms with Crippen LogP contribution in [0.3, 0.4) is 0 Å². The van der Waals surface area contributed by atoms with Gasteiger partial charge < -0.3 is 5.32 Å². The molecule has 0 atom stereocenters. The van der Waals surface area contributed by atoms with Crippen molar-refractivity contribution >= 4 is 34.8 Å². The van der Waals surface area contributed by atoms with Crippen molar-refractivity contribution in [3.63, 3.8) is 0 Å². The summed E-state index contributed by atoms with van der Waals surface area (Å²) in [5, 5.41) is 7.29. The maximum absolute atomic E-state index is 13.4. The van der Waals surface area contributed by atoms with E-state index in [1.807, 2.05) is 0 Å².